The van der Waals surface area contributed by atoms with Gasteiger partial charge in [0.05, 0.1) is 26.9 Å². The maximum atomic E-state index is 5.61. The summed E-state index contributed by atoms with van der Waals surface area (Å²) >= 11 is 0. The number of ether oxygens (including phenoxy) is 3. The van der Waals surface area contributed by atoms with Crippen LogP contribution in [0.1, 0.15) is 29.7 Å². The minimum absolute atomic E-state index is 0. The molecule has 2 aromatic carbocycles. The van der Waals surface area contributed by atoms with E-state index < -0.39 is 0 Å². The Labute approximate surface area is 174 Å². The lowest BCUT2D eigenvalue weighted by Crippen LogP contribution is -2.45. The SMILES string of the molecule is CCOCc1cc(CN2CCNCC2c2ccccc2OC)ccc1OC.Cl. The zero-order valence-corrected chi connectivity index (χ0v) is 17.8. The number of hydrogen-bond acceptors (Lipinski definition) is 5. The van der Waals surface area contributed by atoms with Crippen LogP contribution < -0.4 is 14.8 Å². The summed E-state index contributed by atoms with van der Waals surface area (Å²) in [4.78, 5) is 2.51. The number of nitrogens with zero attached hydrogens (tertiary/aromatic N) is 1. The van der Waals surface area contributed by atoms with Crippen LogP contribution in [0.2, 0.25) is 0 Å². The first-order chi connectivity index (χ1) is 13.3. The summed E-state index contributed by atoms with van der Waals surface area (Å²) < 4.78 is 16.7. The van der Waals surface area contributed by atoms with E-state index in [1.54, 1.807) is 14.2 Å². The molecule has 0 bridgehead atoms. The monoisotopic (exact) mass is 406 g/mol. The molecule has 1 aliphatic heterocycles. The van der Waals surface area contributed by atoms with Crippen LogP contribution in [0.15, 0.2) is 42.5 Å². The lowest BCUT2D eigenvalue weighted by Gasteiger charge is -2.37. The Morgan fingerprint density at radius 2 is 1.86 bits per heavy atom. The summed E-state index contributed by atoms with van der Waals surface area (Å²) in [6, 6.07) is 15.0. The van der Waals surface area contributed by atoms with Crippen LogP contribution in [0.25, 0.3) is 0 Å². The first-order valence-corrected chi connectivity index (χ1v) is 9.58. The molecule has 28 heavy (non-hydrogen) atoms. The van der Waals surface area contributed by atoms with Crippen molar-refractivity contribution in [3.05, 3.63) is 59.2 Å². The number of methoxy groups -OCH3 is 2. The molecule has 0 saturated carbocycles. The van der Waals surface area contributed by atoms with Gasteiger partial charge in [-0.2, -0.15) is 0 Å². The van der Waals surface area contributed by atoms with Gasteiger partial charge in [0.1, 0.15) is 11.5 Å². The van der Waals surface area contributed by atoms with Crippen molar-refractivity contribution in [1.29, 1.82) is 0 Å². The Balaban J connectivity index is 0.00000280. The van der Waals surface area contributed by atoms with Crippen LogP contribution in [0.4, 0.5) is 0 Å². The summed E-state index contributed by atoms with van der Waals surface area (Å²) in [5.41, 5.74) is 3.60. The fourth-order valence-corrected chi connectivity index (χ4v) is 3.67. The Morgan fingerprint density at radius 3 is 2.61 bits per heavy atom. The lowest BCUT2D eigenvalue weighted by molar-refractivity contribution is 0.131. The number of para-hydroxylation sites is 1. The summed E-state index contributed by atoms with van der Waals surface area (Å²) in [6.07, 6.45) is 0. The number of halogens is 1. The second kappa shape index (κ2) is 11.3. The Hall–Kier alpha value is -1.79. The fraction of sp³-hybridized carbons (Fsp3) is 0.455. The zero-order valence-electron chi connectivity index (χ0n) is 16.9. The van der Waals surface area contributed by atoms with Gasteiger partial charge < -0.3 is 19.5 Å². The third-order valence-electron chi connectivity index (χ3n) is 5.04. The van der Waals surface area contributed by atoms with Crippen molar-refractivity contribution in [2.75, 3.05) is 40.5 Å². The second-order valence-corrected chi connectivity index (χ2v) is 6.72. The summed E-state index contributed by atoms with van der Waals surface area (Å²) in [5.74, 6) is 1.83. The van der Waals surface area contributed by atoms with Crippen molar-refractivity contribution in [2.45, 2.75) is 26.1 Å². The maximum Gasteiger partial charge on any atom is 0.124 e. The Bertz CT molecular complexity index is 741. The van der Waals surface area contributed by atoms with Crippen LogP contribution in [0.5, 0.6) is 11.5 Å². The first-order valence-electron chi connectivity index (χ1n) is 9.58. The zero-order chi connectivity index (χ0) is 19.1. The Kier molecular flexibility index (Phi) is 9.06. The molecule has 3 rings (SSSR count). The molecule has 1 N–H and O–H groups in total. The highest BCUT2D eigenvalue weighted by molar-refractivity contribution is 5.85. The largest absolute Gasteiger partial charge is 0.496 e. The molecule has 0 aliphatic carbocycles. The van der Waals surface area contributed by atoms with Gasteiger partial charge >= 0.3 is 0 Å². The molecule has 1 aliphatic rings. The highest BCUT2D eigenvalue weighted by atomic mass is 35.5. The number of benzene rings is 2. The topological polar surface area (TPSA) is 43.0 Å². The molecule has 1 unspecified atom stereocenters. The average molecular weight is 407 g/mol. The van der Waals surface area contributed by atoms with E-state index in [-0.39, 0.29) is 18.4 Å². The number of rotatable bonds is 8. The molecule has 0 spiro atoms. The first kappa shape index (κ1) is 22.5. The predicted molar refractivity (Wildman–Crippen MR) is 115 cm³/mol. The van der Waals surface area contributed by atoms with Crippen LogP contribution in [-0.2, 0) is 17.9 Å². The van der Waals surface area contributed by atoms with Gasteiger partial charge in [0.25, 0.3) is 0 Å². The van der Waals surface area contributed by atoms with Gasteiger partial charge in [0.2, 0.25) is 0 Å². The maximum absolute atomic E-state index is 5.61. The van der Waals surface area contributed by atoms with E-state index >= 15 is 0 Å². The molecule has 0 aromatic heterocycles. The van der Waals surface area contributed by atoms with Crippen LogP contribution in [-0.4, -0.2) is 45.4 Å². The molecular weight excluding hydrogens is 376 g/mol. The van der Waals surface area contributed by atoms with E-state index in [1.165, 1.54) is 11.1 Å². The van der Waals surface area contributed by atoms with Gasteiger partial charge in [-0.1, -0.05) is 24.3 Å². The lowest BCUT2D eigenvalue weighted by atomic mass is 10.0. The smallest absolute Gasteiger partial charge is 0.124 e. The van der Waals surface area contributed by atoms with Crippen molar-refractivity contribution in [2.24, 2.45) is 0 Å². The van der Waals surface area contributed by atoms with Crippen molar-refractivity contribution in [3.63, 3.8) is 0 Å². The van der Waals surface area contributed by atoms with E-state index in [0.29, 0.717) is 13.2 Å². The van der Waals surface area contributed by atoms with Crippen LogP contribution >= 0.6 is 12.4 Å². The van der Waals surface area contributed by atoms with Gasteiger partial charge in [-0.25, -0.2) is 0 Å². The van der Waals surface area contributed by atoms with Crippen molar-refractivity contribution >= 4 is 12.4 Å². The third-order valence-corrected chi connectivity index (χ3v) is 5.04. The molecule has 6 heteroatoms. The molecule has 1 heterocycles. The van der Waals surface area contributed by atoms with Gasteiger partial charge in [0.15, 0.2) is 0 Å². The standard InChI is InChI=1S/C22H30N2O3.ClH/c1-4-27-16-18-13-17(9-10-21(18)25-2)15-24-12-11-23-14-20(24)19-7-5-6-8-22(19)26-3;/h5-10,13,20,23H,4,11-12,14-16H2,1-3H3;1H. The van der Waals surface area contributed by atoms with Crippen molar-refractivity contribution in [3.8, 4) is 11.5 Å². The van der Waals surface area contributed by atoms with Crippen LogP contribution in [0, 0.1) is 0 Å². The number of hydrogen-bond donors (Lipinski definition) is 1. The van der Waals surface area contributed by atoms with Gasteiger partial charge in [0, 0.05) is 43.9 Å². The van der Waals surface area contributed by atoms with E-state index in [2.05, 4.69) is 34.5 Å². The average Bonchev–Trinajstić information content (AvgIpc) is 2.72. The third kappa shape index (κ3) is 5.39. The van der Waals surface area contributed by atoms with E-state index in [1.807, 2.05) is 25.1 Å². The predicted octanol–water partition coefficient (Wildman–Crippen LogP) is 3.81. The fourth-order valence-electron chi connectivity index (χ4n) is 3.67. The molecule has 5 nitrogen and oxygen atoms in total. The molecule has 1 fully saturated rings. The molecular formula is C22H31ClN2O3. The quantitative estimate of drug-likeness (QED) is 0.722. The highest BCUT2D eigenvalue weighted by Gasteiger charge is 2.26. The molecule has 0 radical (unpaired) electrons. The molecule has 2 aromatic rings. The van der Waals surface area contributed by atoms with Gasteiger partial charge in [-0.3, -0.25) is 4.90 Å². The van der Waals surface area contributed by atoms with E-state index in [0.717, 1.165) is 43.2 Å². The van der Waals surface area contributed by atoms with Crippen molar-refractivity contribution < 1.29 is 14.2 Å². The number of nitrogens with one attached hydrogen (secondary N) is 1. The molecule has 0 amide bonds. The summed E-state index contributed by atoms with van der Waals surface area (Å²) in [7, 11) is 3.45. The number of piperazine rings is 1. The minimum Gasteiger partial charge on any atom is -0.496 e. The van der Waals surface area contributed by atoms with Gasteiger partial charge in [-0.05, 0) is 30.7 Å². The molecule has 1 atom stereocenters. The van der Waals surface area contributed by atoms with E-state index in [4.69, 9.17) is 14.2 Å². The van der Waals surface area contributed by atoms with E-state index in [9.17, 15) is 0 Å². The normalized spacial score (nSPS) is 17.0. The summed E-state index contributed by atoms with van der Waals surface area (Å²) in [5, 5.41) is 3.52. The molecule has 1 saturated heterocycles. The second-order valence-electron chi connectivity index (χ2n) is 6.72. The van der Waals surface area contributed by atoms with Crippen molar-refractivity contribution in [1.82, 2.24) is 10.2 Å². The minimum atomic E-state index is 0. The molecule has 154 valence electrons. The highest BCUT2D eigenvalue weighted by Crippen LogP contribution is 2.31. The van der Waals surface area contributed by atoms with Gasteiger partial charge in [-0.15, -0.1) is 12.4 Å². The summed E-state index contributed by atoms with van der Waals surface area (Å²) in [6.45, 7) is 7.07. The Morgan fingerprint density at radius 1 is 1.07 bits per heavy atom. The van der Waals surface area contributed by atoms with Crippen LogP contribution in [0.3, 0.4) is 0 Å².